The monoisotopic (exact) mass is 447 g/mol. The van der Waals surface area contributed by atoms with Gasteiger partial charge in [-0.3, -0.25) is 9.59 Å². The molecule has 3 rings (SSSR count). The zero-order valence-corrected chi connectivity index (χ0v) is 20.2. The molecule has 0 fully saturated rings. The van der Waals surface area contributed by atoms with Crippen LogP contribution in [0.15, 0.2) is 30.3 Å². The maximum Gasteiger partial charge on any atom is 0.315 e. The lowest BCUT2D eigenvalue weighted by molar-refractivity contribution is -0.145. The number of ketones is 1. The van der Waals surface area contributed by atoms with E-state index in [1.165, 1.54) is 25.7 Å². The number of unbranched alkanes of at least 4 members (excludes halogenated alkanes) is 6. The molecule has 0 radical (unpaired) electrons. The van der Waals surface area contributed by atoms with Crippen LogP contribution >= 0.6 is 0 Å². The molecule has 4 heteroatoms. The number of fused-ring (bicyclic) bond motifs is 1. The molecule has 1 aromatic heterocycles. The predicted octanol–water partition coefficient (Wildman–Crippen LogP) is 6.43. The van der Waals surface area contributed by atoms with Gasteiger partial charge in [0.1, 0.15) is 0 Å². The van der Waals surface area contributed by atoms with Crippen LogP contribution in [0, 0.1) is 12.3 Å². The summed E-state index contributed by atoms with van der Waals surface area (Å²) in [5.41, 5.74) is 4.06. The van der Waals surface area contributed by atoms with E-state index in [4.69, 9.17) is 11.2 Å². The van der Waals surface area contributed by atoms with E-state index in [-0.39, 0.29) is 17.7 Å². The van der Waals surface area contributed by atoms with Crippen molar-refractivity contribution in [2.75, 3.05) is 6.61 Å². The fourth-order valence-electron chi connectivity index (χ4n) is 4.64. The van der Waals surface area contributed by atoms with Crippen LogP contribution in [0.5, 0.6) is 0 Å². The normalized spacial score (nSPS) is 14.6. The number of carbonyl (C=O) groups is 2. The van der Waals surface area contributed by atoms with E-state index in [0.717, 1.165) is 54.6 Å². The van der Waals surface area contributed by atoms with Crippen LogP contribution in [0.4, 0.5) is 0 Å². The van der Waals surface area contributed by atoms with Gasteiger partial charge in [-0.1, -0.05) is 58.3 Å². The first-order valence-corrected chi connectivity index (χ1v) is 12.6. The van der Waals surface area contributed by atoms with Crippen molar-refractivity contribution in [3.05, 3.63) is 58.4 Å². The van der Waals surface area contributed by atoms with E-state index in [1.54, 1.807) is 24.3 Å². The van der Waals surface area contributed by atoms with E-state index in [9.17, 15) is 9.59 Å². The van der Waals surface area contributed by atoms with Crippen molar-refractivity contribution in [2.45, 2.75) is 90.5 Å². The van der Waals surface area contributed by atoms with Gasteiger partial charge in [0.2, 0.25) is 5.78 Å². The summed E-state index contributed by atoms with van der Waals surface area (Å²) in [4.78, 5) is 26.3. The molecular weight excluding hydrogens is 410 g/mol. The number of rotatable bonds is 13. The Hall–Kier alpha value is -2.80. The van der Waals surface area contributed by atoms with E-state index in [2.05, 4.69) is 30.4 Å². The van der Waals surface area contributed by atoms with Gasteiger partial charge >= 0.3 is 5.97 Å². The summed E-state index contributed by atoms with van der Waals surface area (Å²) < 4.78 is 7.69. The fraction of sp³-hybridized carbons (Fsp3) is 0.517. The molecule has 4 nitrogen and oxygen atoms in total. The molecule has 0 saturated carbocycles. The van der Waals surface area contributed by atoms with Crippen molar-refractivity contribution < 1.29 is 14.3 Å². The van der Waals surface area contributed by atoms with Crippen molar-refractivity contribution in [1.82, 2.24) is 4.57 Å². The van der Waals surface area contributed by atoms with E-state index in [0.29, 0.717) is 25.1 Å². The third-order valence-corrected chi connectivity index (χ3v) is 6.56. The number of ether oxygens (including phenoxy) is 1. The summed E-state index contributed by atoms with van der Waals surface area (Å²) in [6.07, 6.45) is 16.0. The van der Waals surface area contributed by atoms with Crippen LogP contribution < -0.4 is 0 Å². The molecule has 0 N–H and O–H groups in total. The van der Waals surface area contributed by atoms with Crippen molar-refractivity contribution in [3.8, 4) is 12.3 Å². The molecule has 2 heterocycles. The second-order valence-corrected chi connectivity index (χ2v) is 9.03. The smallest absolute Gasteiger partial charge is 0.315 e. The van der Waals surface area contributed by atoms with Gasteiger partial charge in [0.05, 0.1) is 18.2 Å². The molecule has 1 aromatic carbocycles. The average molecular weight is 448 g/mol. The molecule has 33 heavy (non-hydrogen) atoms. The minimum absolute atomic E-state index is 0.00276. The second-order valence-electron chi connectivity index (χ2n) is 9.03. The van der Waals surface area contributed by atoms with Crippen LogP contribution in [-0.2, 0) is 22.5 Å². The lowest BCUT2D eigenvalue weighted by atomic mass is 9.99. The summed E-state index contributed by atoms with van der Waals surface area (Å²) in [5.74, 6) is 2.15. The molecule has 0 amide bonds. The van der Waals surface area contributed by atoms with Crippen LogP contribution in [0.2, 0.25) is 0 Å². The van der Waals surface area contributed by atoms with Gasteiger partial charge in [0.25, 0.3) is 0 Å². The lowest BCUT2D eigenvalue weighted by Gasteiger charge is -2.10. The molecule has 0 spiro atoms. The maximum atomic E-state index is 13.5. The van der Waals surface area contributed by atoms with Crippen LogP contribution in [0.3, 0.4) is 0 Å². The highest BCUT2D eigenvalue weighted by atomic mass is 16.5. The Balaban J connectivity index is 1.72. The molecule has 1 unspecified atom stereocenters. The van der Waals surface area contributed by atoms with Gasteiger partial charge in [0, 0.05) is 23.4 Å². The van der Waals surface area contributed by atoms with Gasteiger partial charge in [-0.2, -0.15) is 0 Å². The Labute approximate surface area is 198 Å². The number of hydrogen-bond acceptors (Lipinski definition) is 3. The third kappa shape index (κ3) is 6.16. The van der Waals surface area contributed by atoms with Gasteiger partial charge in [-0.15, -0.1) is 6.42 Å². The number of nitrogens with zero attached hydrogens (tertiary/aromatic N) is 1. The van der Waals surface area contributed by atoms with Crippen molar-refractivity contribution in [2.24, 2.45) is 0 Å². The largest absolute Gasteiger partial charge is 0.465 e. The first-order chi connectivity index (χ1) is 16.1. The number of terminal acetylenes is 1. The highest BCUT2D eigenvalue weighted by Gasteiger charge is 2.35. The molecule has 2 aromatic rings. The topological polar surface area (TPSA) is 48.3 Å². The number of carbonyl (C=O) groups excluding carboxylic acids is 2. The first-order valence-electron chi connectivity index (χ1n) is 12.6. The molecule has 0 aliphatic carbocycles. The van der Waals surface area contributed by atoms with Gasteiger partial charge < -0.3 is 9.30 Å². The van der Waals surface area contributed by atoms with Crippen molar-refractivity contribution in [1.29, 1.82) is 0 Å². The molecule has 0 saturated heterocycles. The molecule has 176 valence electrons. The summed E-state index contributed by atoms with van der Waals surface area (Å²) >= 11 is 0. The quantitative estimate of drug-likeness (QED) is 0.154. The Morgan fingerprint density at radius 1 is 1.03 bits per heavy atom. The van der Waals surface area contributed by atoms with E-state index in [1.807, 2.05) is 0 Å². The molecule has 1 atom stereocenters. The van der Waals surface area contributed by atoms with E-state index >= 15 is 0 Å². The van der Waals surface area contributed by atoms with Gasteiger partial charge in [-0.05, 0) is 61.6 Å². The zero-order valence-electron chi connectivity index (χ0n) is 20.2. The Bertz CT molecular complexity index is 978. The summed E-state index contributed by atoms with van der Waals surface area (Å²) in [7, 11) is 0. The minimum Gasteiger partial charge on any atom is -0.465 e. The van der Waals surface area contributed by atoms with Gasteiger partial charge in [0.15, 0.2) is 0 Å². The van der Waals surface area contributed by atoms with Crippen molar-refractivity contribution in [3.63, 3.8) is 0 Å². The zero-order chi connectivity index (χ0) is 23.6. The highest BCUT2D eigenvalue weighted by Crippen LogP contribution is 2.35. The van der Waals surface area contributed by atoms with Crippen LogP contribution in [-0.4, -0.2) is 22.9 Å². The molecule has 1 aliphatic rings. The highest BCUT2D eigenvalue weighted by molar-refractivity contribution is 6.09. The second kappa shape index (κ2) is 12.4. The first kappa shape index (κ1) is 24.8. The molecule has 1 aliphatic heterocycles. The molecular formula is C29H37NO3. The third-order valence-electron chi connectivity index (χ3n) is 6.56. The van der Waals surface area contributed by atoms with Crippen molar-refractivity contribution >= 4 is 11.8 Å². The van der Waals surface area contributed by atoms with Crippen LogP contribution in [0.1, 0.15) is 110 Å². The minimum atomic E-state index is -0.282. The fourth-order valence-corrected chi connectivity index (χ4v) is 4.64. The Kier molecular flexibility index (Phi) is 9.36. The summed E-state index contributed by atoms with van der Waals surface area (Å²) in [6.45, 7) is 5.51. The number of benzene rings is 1. The number of esters is 1. The number of hydrogen-bond donors (Lipinski definition) is 0. The predicted molar refractivity (Wildman–Crippen MR) is 133 cm³/mol. The molecule has 0 bridgehead atoms. The van der Waals surface area contributed by atoms with Crippen LogP contribution in [0.25, 0.3) is 0 Å². The Morgan fingerprint density at radius 3 is 2.42 bits per heavy atom. The lowest BCUT2D eigenvalue weighted by Crippen LogP contribution is -2.14. The van der Waals surface area contributed by atoms with Gasteiger partial charge in [-0.25, -0.2) is 0 Å². The standard InChI is InChI=1S/C29H37NO3/c1-4-7-9-10-11-12-20-33-29(32)25-18-19-30-26(25)21-24(13-8-5-2)27(30)28(31)23-16-14-22(6-3)15-17-23/h3,14-17,21,25H,4-5,7-13,18-20H2,1-2H3. The number of aryl methyl sites for hydroxylation is 1. The average Bonchev–Trinajstić information content (AvgIpc) is 3.40. The summed E-state index contributed by atoms with van der Waals surface area (Å²) in [6, 6.07) is 9.26. The van der Waals surface area contributed by atoms with E-state index < -0.39 is 0 Å². The maximum absolute atomic E-state index is 13.5. The number of aromatic nitrogens is 1. The summed E-state index contributed by atoms with van der Waals surface area (Å²) in [5, 5.41) is 0. The Morgan fingerprint density at radius 2 is 1.73 bits per heavy atom. The SMILES string of the molecule is C#Cc1ccc(C(=O)c2c(CCCC)cc3n2CCC3C(=O)OCCCCCCCC)cc1.